The third-order valence-electron chi connectivity index (χ3n) is 3.29. The maximum atomic E-state index is 11.8. The van der Waals surface area contributed by atoms with Gasteiger partial charge in [-0.25, -0.2) is 4.68 Å². The Hall–Kier alpha value is -2.96. The van der Waals surface area contributed by atoms with Crippen molar-refractivity contribution in [3.8, 4) is 17.3 Å². The molecule has 2 heterocycles. The Morgan fingerprint density at radius 2 is 2.00 bits per heavy atom. The van der Waals surface area contributed by atoms with E-state index in [1.54, 1.807) is 17.7 Å². The minimum atomic E-state index is -0.0894. The van der Waals surface area contributed by atoms with Crippen LogP contribution in [0.4, 0.5) is 5.82 Å². The van der Waals surface area contributed by atoms with Crippen LogP contribution in [0.15, 0.2) is 40.8 Å². The number of aryl methyl sites for hydroxylation is 1. The molecule has 0 spiro atoms. The number of carbonyl (C=O) groups is 1. The van der Waals surface area contributed by atoms with Gasteiger partial charge in [-0.15, -0.1) is 10.2 Å². The highest BCUT2D eigenvalue weighted by Gasteiger charge is 2.17. The molecule has 0 aliphatic carbocycles. The summed E-state index contributed by atoms with van der Waals surface area (Å²) in [6.07, 6.45) is 1.04. The molecule has 0 fully saturated rings. The second kappa shape index (κ2) is 6.43. The molecular formula is C16H17N5O2. The maximum Gasteiger partial charge on any atom is 0.268 e. The lowest BCUT2D eigenvalue weighted by Gasteiger charge is -2.07. The van der Waals surface area contributed by atoms with E-state index in [9.17, 15) is 4.79 Å². The third kappa shape index (κ3) is 3.13. The number of nitrogens with zero attached hydrogens (tertiary/aromatic N) is 4. The molecular weight excluding hydrogens is 294 g/mol. The van der Waals surface area contributed by atoms with Crippen LogP contribution in [0.3, 0.4) is 0 Å². The van der Waals surface area contributed by atoms with Crippen LogP contribution in [0.25, 0.3) is 17.3 Å². The zero-order chi connectivity index (χ0) is 16.2. The van der Waals surface area contributed by atoms with Gasteiger partial charge in [0.25, 0.3) is 5.89 Å². The summed E-state index contributed by atoms with van der Waals surface area (Å²) in [5.41, 5.74) is 1.35. The molecule has 118 valence electrons. The number of hydrogen-bond donors (Lipinski definition) is 1. The van der Waals surface area contributed by atoms with Crippen LogP contribution in [-0.2, 0) is 11.2 Å². The van der Waals surface area contributed by atoms with Gasteiger partial charge < -0.3 is 9.73 Å². The summed E-state index contributed by atoms with van der Waals surface area (Å²) in [4.78, 5) is 11.8. The zero-order valence-corrected chi connectivity index (χ0v) is 13.0. The average Bonchev–Trinajstić information content (AvgIpc) is 3.22. The van der Waals surface area contributed by atoms with Gasteiger partial charge in [-0.3, -0.25) is 4.79 Å². The first kappa shape index (κ1) is 15.0. The molecule has 1 aromatic carbocycles. The molecule has 7 nitrogen and oxygen atoms in total. The normalized spacial score (nSPS) is 10.7. The third-order valence-corrected chi connectivity index (χ3v) is 3.29. The molecule has 2 aromatic heterocycles. The van der Waals surface area contributed by atoms with E-state index in [2.05, 4.69) is 20.6 Å². The number of anilines is 1. The highest BCUT2D eigenvalue weighted by molar-refractivity contribution is 5.90. The van der Waals surface area contributed by atoms with Crippen molar-refractivity contribution in [3.05, 3.63) is 42.3 Å². The molecule has 0 radical (unpaired) electrons. The Bertz CT molecular complexity index is 807. The molecule has 0 aliphatic rings. The van der Waals surface area contributed by atoms with Gasteiger partial charge in [0.2, 0.25) is 11.8 Å². The predicted octanol–water partition coefficient (Wildman–Crippen LogP) is 2.83. The van der Waals surface area contributed by atoms with Crippen molar-refractivity contribution < 1.29 is 9.21 Å². The van der Waals surface area contributed by atoms with Crippen molar-refractivity contribution in [2.45, 2.75) is 26.7 Å². The summed E-state index contributed by atoms with van der Waals surface area (Å²) in [7, 11) is 0. The second-order valence-electron chi connectivity index (χ2n) is 4.92. The van der Waals surface area contributed by atoms with Crippen LogP contribution in [0.1, 0.15) is 26.2 Å². The fraction of sp³-hybridized carbons (Fsp3) is 0.250. The highest BCUT2D eigenvalue weighted by Crippen LogP contribution is 2.24. The van der Waals surface area contributed by atoms with E-state index in [1.165, 1.54) is 0 Å². The SMILES string of the molecule is CCC(=O)Nc1cc(-c2nnc(CC)o2)nn1-c1ccccc1. The summed E-state index contributed by atoms with van der Waals surface area (Å²) < 4.78 is 7.20. The first-order valence-corrected chi connectivity index (χ1v) is 7.49. The molecule has 1 N–H and O–H groups in total. The van der Waals surface area contributed by atoms with E-state index in [1.807, 2.05) is 37.3 Å². The Morgan fingerprint density at radius 1 is 1.22 bits per heavy atom. The van der Waals surface area contributed by atoms with Crippen molar-refractivity contribution in [2.24, 2.45) is 0 Å². The largest absolute Gasteiger partial charge is 0.419 e. The van der Waals surface area contributed by atoms with Crippen LogP contribution in [0, 0.1) is 0 Å². The molecule has 3 rings (SSSR count). The fourth-order valence-corrected chi connectivity index (χ4v) is 2.07. The molecule has 0 unspecified atom stereocenters. The quantitative estimate of drug-likeness (QED) is 0.783. The van der Waals surface area contributed by atoms with Crippen LogP contribution < -0.4 is 5.32 Å². The molecule has 0 saturated carbocycles. The van der Waals surface area contributed by atoms with E-state index in [4.69, 9.17) is 4.42 Å². The summed E-state index contributed by atoms with van der Waals surface area (Å²) >= 11 is 0. The van der Waals surface area contributed by atoms with Crippen molar-refractivity contribution in [1.29, 1.82) is 0 Å². The topological polar surface area (TPSA) is 85.8 Å². The highest BCUT2D eigenvalue weighted by atomic mass is 16.4. The number of benzene rings is 1. The Balaban J connectivity index is 2.04. The van der Waals surface area contributed by atoms with Crippen LogP contribution in [0.5, 0.6) is 0 Å². The summed E-state index contributed by atoms with van der Waals surface area (Å²) in [5.74, 6) is 1.36. The lowest BCUT2D eigenvalue weighted by Crippen LogP contribution is -2.13. The summed E-state index contributed by atoms with van der Waals surface area (Å²) in [6.45, 7) is 3.73. The van der Waals surface area contributed by atoms with Gasteiger partial charge in [0.15, 0.2) is 5.69 Å². The van der Waals surface area contributed by atoms with Crippen molar-refractivity contribution in [3.63, 3.8) is 0 Å². The van der Waals surface area contributed by atoms with Gasteiger partial charge in [0.1, 0.15) is 5.82 Å². The van der Waals surface area contributed by atoms with Gasteiger partial charge in [-0.2, -0.15) is 5.10 Å². The predicted molar refractivity (Wildman–Crippen MR) is 85.2 cm³/mol. The fourth-order valence-electron chi connectivity index (χ4n) is 2.07. The number of nitrogens with one attached hydrogen (secondary N) is 1. The molecule has 23 heavy (non-hydrogen) atoms. The van der Waals surface area contributed by atoms with Gasteiger partial charge in [0.05, 0.1) is 5.69 Å². The first-order chi connectivity index (χ1) is 11.2. The van der Waals surface area contributed by atoms with Gasteiger partial charge >= 0.3 is 0 Å². The zero-order valence-electron chi connectivity index (χ0n) is 13.0. The molecule has 3 aromatic rings. The smallest absolute Gasteiger partial charge is 0.268 e. The lowest BCUT2D eigenvalue weighted by atomic mass is 10.3. The number of hydrogen-bond acceptors (Lipinski definition) is 5. The average molecular weight is 311 g/mol. The van der Waals surface area contributed by atoms with E-state index in [0.717, 1.165) is 5.69 Å². The molecule has 0 saturated heterocycles. The Morgan fingerprint density at radius 3 is 2.65 bits per heavy atom. The molecule has 0 atom stereocenters. The van der Waals surface area contributed by atoms with Crippen LogP contribution >= 0.6 is 0 Å². The second-order valence-corrected chi connectivity index (χ2v) is 4.92. The monoisotopic (exact) mass is 311 g/mol. The number of aromatic nitrogens is 4. The molecule has 0 bridgehead atoms. The minimum absolute atomic E-state index is 0.0894. The molecule has 7 heteroatoms. The summed E-state index contributed by atoms with van der Waals surface area (Å²) in [5, 5.41) is 15.3. The Labute approximate surface area is 133 Å². The Kier molecular flexibility index (Phi) is 4.18. The van der Waals surface area contributed by atoms with E-state index in [0.29, 0.717) is 36.1 Å². The maximum absolute atomic E-state index is 11.8. The van der Waals surface area contributed by atoms with Gasteiger partial charge in [-0.1, -0.05) is 32.0 Å². The van der Waals surface area contributed by atoms with Gasteiger partial charge in [-0.05, 0) is 12.1 Å². The lowest BCUT2D eigenvalue weighted by molar-refractivity contribution is -0.115. The molecule has 0 aliphatic heterocycles. The minimum Gasteiger partial charge on any atom is -0.419 e. The number of para-hydroxylation sites is 1. The van der Waals surface area contributed by atoms with E-state index in [-0.39, 0.29) is 5.91 Å². The number of carbonyl (C=O) groups excluding carboxylic acids is 1. The number of amides is 1. The van der Waals surface area contributed by atoms with E-state index >= 15 is 0 Å². The van der Waals surface area contributed by atoms with Crippen molar-refractivity contribution >= 4 is 11.7 Å². The van der Waals surface area contributed by atoms with Crippen LogP contribution in [0.2, 0.25) is 0 Å². The number of rotatable bonds is 5. The van der Waals surface area contributed by atoms with Crippen LogP contribution in [-0.4, -0.2) is 25.9 Å². The van der Waals surface area contributed by atoms with Gasteiger partial charge in [0, 0.05) is 18.9 Å². The van der Waals surface area contributed by atoms with Crippen molar-refractivity contribution in [2.75, 3.05) is 5.32 Å². The molecule has 1 amide bonds. The summed E-state index contributed by atoms with van der Waals surface area (Å²) in [6, 6.07) is 11.3. The first-order valence-electron chi connectivity index (χ1n) is 7.49. The van der Waals surface area contributed by atoms with Crippen molar-refractivity contribution in [1.82, 2.24) is 20.0 Å². The van der Waals surface area contributed by atoms with E-state index < -0.39 is 0 Å². The standard InChI is InChI=1S/C16H17N5O2/c1-3-14(22)17-13-10-12(16-19-18-15(4-2)23-16)20-21(13)11-8-6-5-7-9-11/h5-10H,3-4H2,1-2H3,(H,17,22).